The number of nitrogens with zero attached hydrogens (tertiary/aromatic N) is 1. The minimum atomic E-state index is -3.33. The standard InChI is InChI=1S/C20H17BrO2S.C16H14N2/c1-2-24(22,23)19-8-3-5-13-9-10-15-14-6-4-7-18(21)16(14)11-12-17(15)20(13)19;1-2-6-13(7-3-1)10-15-12-18-16-9-5-4-8-14(16)11-17-15/h2,4-7,9-11,19H,1,3,8,12H2;1-9,11-12,18H,10H2/t19-;/m1./s1. The lowest BCUT2D eigenvalue weighted by Crippen LogP contribution is -2.26. The summed E-state index contributed by atoms with van der Waals surface area (Å²) in [6.07, 6.45) is 11.3. The van der Waals surface area contributed by atoms with Gasteiger partial charge in [0.15, 0.2) is 9.84 Å². The zero-order chi connectivity index (χ0) is 29.1. The zero-order valence-corrected chi connectivity index (χ0v) is 25.5. The molecule has 7 rings (SSSR count). The Labute approximate surface area is 254 Å². The Morgan fingerprint density at radius 2 is 1.74 bits per heavy atom. The van der Waals surface area contributed by atoms with Crippen LogP contribution in [0.2, 0.25) is 0 Å². The van der Waals surface area contributed by atoms with E-state index in [2.05, 4.69) is 99.6 Å². The van der Waals surface area contributed by atoms with Crippen molar-refractivity contribution in [3.8, 4) is 0 Å². The van der Waals surface area contributed by atoms with Gasteiger partial charge in [0.05, 0.1) is 10.9 Å². The number of anilines is 1. The average Bonchev–Trinajstić information content (AvgIpc) is 3.23. The molecule has 3 aliphatic rings. The molecular formula is C36H31BrN2O2S. The van der Waals surface area contributed by atoms with Gasteiger partial charge in [0.1, 0.15) is 0 Å². The third-order valence-corrected chi connectivity index (χ3v) is 10.4. The number of allylic oxidation sites excluding steroid dienone is 1. The van der Waals surface area contributed by atoms with E-state index >= 15 is 0 Å². The predicted octanol–water partition coefficient (Wildman–Crippen LogP) is 6.86. The van der Waals surface area contributed by atoms with Crippen LogP contribution < -0.4 is 15.8 Å². The Morgan fingerprint density at radius 3 is 2.57 bits per heavy atom. The van der Waals surface area contributed by atoms with Crippen molar-refractivity contribution in [1.82, 2.24) is 0 Å². The van der Waals surface area contributed by atoms with Crippen LogP contribution in [0.15, 0.2) is 118 Å². The zero-order valence-electron chi connectivity index (χ0n) is 23.1. The molecule has 1 heterocycles. The second-order valence-corrected chi connectivity index (χ2v) is 13.5. The molecule has 0 radical (unpaired) electrons. The van der Waals surface area contributed by atoms with Gasteiger partial charge in [0, 0.05) is 40.0 Å². The van der Waals surface area contributed by atoms with Gasteiger partial charge in [-0.05, 0) is 69.0 Å². The van der Waals surface area contributed by atoms with Crippen molar-refractivity contribution >= 4 is 49.8 Å². The van der Waals surface area contributed by atoms with Gasteiger partial charge in [-0.1, -0.05) is 107 Å². The normalized spacial score (nSPS) is 16.2. The average molecular weight is 636 g/mol. The van der Waals surface area contributed by atoms with Crippen LogP contribution in [0.25, 0.3) is 12.2 Å². The van der Waals surface area contributed by atoms with Crippen LogP contribution in [0.4, 0.5) is 5.69 Å². The Hall–Kier alpha value is -4.00. The summed E-state index contributed by atoms with van der Waals surface area (Å²) >= 11 is 3.62. The maximum atomic E-state index is 12.6. The molecule has 0 unspecified atom stereocenters. The molecule has 210 valence electrons. The lowest BCUT2D eigenvalue weighted by molar-refractivity contribution is 0.583. The Kier molecular flexibility index (Phi) is 8.09. The molecular weight excluding hydrogens is 604 g/mol. The molecule has 1 atom stereocenters. The Balaban J connectivity index is 0.000000157. The van der Waals surface area contributed by atoms with E-state index in [1.54, 1.807) is 0 Å². The predicted molar refractivity (Wildman–Crippen MR) is 177 cm³/mol. The van der Waals surface area contributed by atoms with Crippen molar-refractivity contribution in [3.05, 3.63) is 156 Å². The van der Waals surface area contributed by atoms with E-state index in [1.165, 1.54) is 10.8 Å². The third-order valence-electron chi connectivity index (χ3n) is 7.94. The third kappa shape index (κ3) is 5.69. The molecule has 4 aromatic rings. The van der Waals surface area contributed by atoms with Gasteiger partial charge in [-0.3, -0.25) is 4.99 Å². The molecule has 1 N–H and O–H groups in total. The van der Waals surface area contributed by atoms with Crippen molar-refractivity contribution in [2.24, 2.45) is 4.99 Å². The molecule has 42 heavy (non-hydrogen) atoms. The van der Waals surface area contributed by atoms with Gasteiger partial charge in [-0.2, -0.15) is 0 Å². The van der Waals surface area contributed by atoms with Gasteiger partial charge in [0.2, 0.25) is 0 Å². The molecule has 0 bridgehead atoms. The summed E-state index contributed by atoms with van der Waals surface area (Å²) in [5.41, 5.74) is 6.65. The summed E-state index contributed by atoms with van der Waals surface area (Å²) in [4.78, 5) is 4.53. The number of hydrogen-bond donors (Lipinski definition) is 1. The van der Waals surface area contributed by atoms with Gasteiger partial charge < -0.3 is 5.32 Å². The SMILES string of the molecule is C1=NC(Cc2ccccc2)=CNc2ccccc21.C=CS(=O)(=O)[C@@H]1CCC=c2ccc3c(c21)CC=c1c(Br)cccc1=3. The molecule has 0 amide bonds. The maximum Gasteiger partial charge on any atom is 0.178 e. The maximum absolute atomic E-state index is 12.6. The highest BCUT2D eigenvalue weighted by atomic mass is 79.9. The van der Waals surface area contributed by atoms with Gasteiger partial charge in [0.25, 0.3) is 0 Å². The monoisotopic (exact) mass is 634 g/mol. The smallest absolute Gasteiger partial charge is 0.178 e. The molecule has 0 saturated heterocycles. The fraction of sp³-hybridized carbons (Fsp3) is 0.139. The summed E-state index contributed by atoms with van der Waals surface area (Å²) in [6, 6.07) is 28.9. The van der Waals surface area contributed by atoms with Gasteiger partial charge in [-0.15, -0.1) is 0 Å². The summed E-state index contributed by atoms with van der Waals surface area (Å²) in [5, 5.41) is 8.49. The highest BCUT2D eigenvalue weighted by molar-refractivity contribution is 9.10. The second kappa shape index (κ2) is 12.1. The molecule has 0 spiro atoms. The number of sulfone groups is 1. The number of para-hydroxylation sites is 1. The van der Waals surface area contributed by atoms with E-state index in [9.17, 15) is 8.42 Å². The van der Waals surface area contributed by atoms with Crippen molar-refractivity contribution in [3.63, 3.8) is 0 Å². The van der Waals surface area contributed by atoms with Crippen molar-refractivity contribution < 1.29 is 8.42 Å². The number of fused-ring (bicyclic) bond motifs is 5. The first-order chi connectivity index (χ1) is 20.4. The lowest BCUT2D eigenvalue weighted by atomic mass is 9.88. The summed E-state index contributed by atoms with van der Waals surface area (Å²) < 4.78 is 26.2. The topological polar surface area (TPSA) is 58.5 Å². The van der Waals surface area contributed by atoms with Crippen LogP contribution in [0.5, 0.6) is 0 Å². The quantitative estimate of drug-likeness (QED) is 0.267. The highest BCUT2D eigenvalue weighted by Gasteiger charge is 2.29. The van der Waals surface area contributed by atoms with E-state index < -0.39 is 15.1 Å². The van der Waals surface area contributed by atoms with Crippen LogP contribution >= 0.6 is 15.9 Å². The molecule has 1 aliphatic heterocycles. The van der Waals surface area contributed by atoms with Crippen LogP contribution in [0.1, 0.15) is 40.3 Å². The summed E-state index contributed by atoms with van der Waals surface area (Å²) in [7, 11) is -3.33. The van der Waals surface area contributed by atoms with E-state index in [1.807, 2.05) is 42.7 Å². The number of halogens is 1. The fourth-order valence-corrected chi connectivity index (χ4v) is 7.70. The van der Waals surface area contributed by atoms with E-state index in [4.69, 9.17) is 0 Å². The first kappa shape index (κ1) is 28.1. The van der Waals surface area contributed by atoms with E-state index in [0.29, 0.717) is 6.42 Å². The number of hydrogen-bond acceptors (Lipinski definition) is 4. The van der Waals surface area contributed by atoms with E-state index in [-0.39, 0.29) is 0 Å². The first-order valence-electron chi connectivity index (χ1n) is 14.0. The molecule has 6 heteroatoms. The molecule has 4 nitrogen and oxygen atoms in total. The van der Waals surface area contributed by atoms with Crippen LogP contribution in [0, 0.1) is 10.4 Å². The Morgan fingerprint density at radius 1 is 0.929 bits per heavy atom. The fourth-order valence-electron chi connectivity index (χ4n) is 5.87. The van der Waals surface area contributed by atoms with Crippen LogP contribution in [0.3, 0.4) is 0 Å². The largest absolute Gasteiger partial charge is 0.359 e. The number of benzene rings is 4. The van der Waals surface area contributed by atoms with Crippen molar-refractivity contribution in [2.75, 3.05) is 5.32 Å². The summed E-state index contributed by atoms with van der Waals surface area (Å²) in [6.45, 7) is 3.53. The Bertz CT molecular complexity index is 2070. The molecule has 0 saturated carbocycles. The second-order valence-electron chi connectivity index (χ2n) is 10.5. The highest BCUT2D eigenvalue weighted by Crippen LogP contribution is 2.33. The van der Waals surface area contributed by atoms with Crippen LogP contribution in [-0.4, -0.2) is 14.6 Å². The van der Waals surface area contributed by atoms with E-state index in [0.717, 1.165) is 72.9 Å². The molecule has 0 aromatic heterocycles. The summed E-state index contributed by atoms with van der Waals surface area (Å²) in [5.74, 6) is 0. The molecule has 2 aliphatic carbocycles. The minimum absolute atomic E-state index is 0.480. The van der Waals surface area contributed by atoms with Crippen molar-refractivity contribution in [2.45, 2.75) is 30.9 Å². The lowest BCUT2D eigenvalue weighted by Gasteiger charge is -2.24. The number of nitrogens with one attached hydrogen (secondary N) is 1. The number of aliphatic imine (C=N–C) groups is 1. The molecule has 0 fully saturated rings. The van der Waals surface area contributed by atoms with Gasteiger partial charge >= 0.3 is 0 Å². The van der Waals surface area contributed by atoms with Gasteiger partial charge in [-0.25, -0.2) is 8.42 Å². The first-order valence-corrected chi connectivity index (χ1v) is 16.4. The number of rotatable bonds is 4. The minimum Gasteiger partial charge on any atom is -0.359 e. The van der Waals surface area contributed by atoms with Crippen molar-refractivity contribution in [1.29, 1.82) is 0 Å². The van der Waals surface area contributed by atoms with Crippen LogP contribution in [-0.2, 0) is 22.7 Å². The molecule has 4 aromatic carbocycles.